The molecular weight excluding hydrogens is 399 g/mol. The van der Waals surface area contributed by atoms with Gasteiger partial charge in [0, 0.05) is 43.6 Å². The van der Waals surface area contributed by atoms with Crippen molar-refractivity contribution in [3.8, 4) is 0 Å². The average molecular weight is 421 g/mol. The topological polar surface area (TPSA) is 81.6 Å². The lowest BCUT2D eigenvalue weighted by atomic mass is 10.2. The number of aromatic amines is 1. The number of halogens is 2. The minimum Gasteiger partial charge on any atom is -0.408 e. The molecule has 1 fully saturated rings. The van der Waals surface area contributed by atoms with Gasteiger partial charge in [0.15, 0.2) is 5.76 Å². The SMILES string of the molecule is C=C/C(=C\c1oc(=O)[nH]c1C)NC(=O)CN1CCN(c2ccc(Cl)c(F)c2)CC1. The lowest BCUT2D eigenvalue weighted by molar-refractivity contribution is -0.121. The highest BCUT2D eigenvalue weighted by molar-refractivity contribution is 6.30. The number of nitrogens with zero attached hydrogens (tertiary/aromatic N) is 2. The van der Waals surface area contributed by atoms with E-state index in [2.05, 4.69) is 21.8 Å². The molecule has 1 aromatic carbocycles. The van der Waals surface area contributed by atoms with Crippen molar-refractivity contribution in [2.75, 3.05) is 37.6 Å². The summed E-state index contributed by atoms with van der Waals surface area (Å²) < 4.78 is 18.7. The molecule has 9 heteroatoms. The molecule has 0 unspecified atom stereocenters. The Balaban J connectivity index is 1.53. The van der Waals surface area contributed by atoms with E-state index >= 15 is 0 Å². The fraction of sp³-hybridized carbons (Fsp3) is 0.300. The maximum absolute atomic E-state index is 13.7. The first-order valence-electron chi connectivity index (χ1n) is 9.12. The summed E-state index contributed by atoms with van der Waals surface area (Å²) in [4.78, 5) is 30.2. The number of anilines is 1. The quantitative estimate of drug-likeness (QED) is 0.702. The third kappa shape index (κ3) is 5.36. The van der Waals surface area contributed by atoms with Gasteiger partial charge >= 0.3 is 5.76 Å². The lowest BCUT2D eigenvalue weighted by Crippen LogP contribution is -2.49. The van der Waals surface area contributed by atoms with Gasteiger partial charge in [-0.15, -0.1) is 0 Å². The largest absolute Gasteiger partial charge is 0.417 e. The van der Waals surface area contributed by atoms with E-state index in [1.807, 2.05) is 4.90 Å². The second kappa shape index (κ2) is 9.11. The van der Waals surface area contributed by atoms with E-state index in [1.165, 1.54) is 12.1 Å². The van der Waals surface area contributed by atoms with Gasteiger partial charge in [-0.2, -0.15) is 0 Å². The Morgan fingerprint density at radius 2 is 2.10 bits per heavy atom. The van der Waals surface area contributed by atoms with Crippen LogP contribution < -0.4 is 16.0 Å². The number of nitrogens with one attached hydrogen (secondary N) is 2. The van der Waals surface area contributed by atoms with Crippen molar-refractivity contribution in [1.29, 1.82) is 0 Å². The smallest absolute Gasteiger partial charge is 0.408 e. The zero-order chi connectivity index (χ0) is 21.0. The lowest BCUT2D eigenvalue weighted by Gasteiger charge is -2.35. The van der Waals surface area contributed by atoms with Crippen molar-refractivity contribution >= 4 is 29.3 Å². The Labute approximate surface area is 172 Å². The first kappa shape index (κ1) is 20.9. The second-order valence-corrected chi connectivity index (χ2v) is 7.12. The minimum atomic E-state index is -0.554. The molecule has 2 heterocycles. The van der Waals surface area contributed by atoms with Crippen LogP contribution in [0.25, 0.3) is 6.08 Å². The van der Waals surface area contributed by atoms with Crippen LogP contribution in [0.15, 0.2) is 45.8 Å². The Morgan fingerprint density at radius 3 is 2.69 bits per heavy atom. The van der Waals surface area contributed by atoms with Gasteiger partial charge in [-0.05, 0) is 31.2 Å². The molecule has 0 spiro atoms. The highest BCUT2D eigenvalue weighted by atomic mass is 35.5. The molecule has 0 bridgehead atoms. The van der Waals surface area contributed by atoms with Crippen LogP contribution in [0.3, 0.4) is 0 Å². The van der Waals surface area contributed by atoms with E-state index < -0.39 is 11.6 Å². The third-order valence-corrected chi connectivity index (χ3v) is 4.97. The molecule has 154 valence electrons. The maximum atomic E-state index is 13.7. The number of piperazine rings is 1. The number of aromatic nitrogens is 1. The number of hydrogen-bond donors (Lipinski definition) is 2. The Morgan fingerprint density at radius 1 is 1.38 bits per heavy atom. The van der Waals surface area contributed by atoms with Gasteiger partial charge in [-0.3, -0.25) is 14.7 Å². The molecule has 0 aliphatic carbocycles. The van der Waals surface area contributed by atoms with Crippen molar-refractivity contribution in [1.82, 2.24) is 15.2 Å². The highest BCUT2D eigenvalue weighted by Crippen LogP contribution is 2.22. The Hall–Kier alpha value is -2.84. The number of hydrogen-bond acceptors (Lipinski definition) is 5. The summed E-state index contributed by atoms with van der Waals surface area (Å²) in [7, 11) is 0. The number of aryl methyl sites for hydroxylation is 1. The van der Waals surface area contributed by atoms with E-state index in [1.54, 1.807) is 25.1 Å². The summed E-state index contributed by atoms with van der Waals surface area (Å²) in [6.07, 6.45) is 3.03. The Bertz CT molecular complexity index is 990. The van der Waals surface area contributed by atoms with Gasteiger partial charge in [-0.25, -0.2) is 9.18 Å². The zero-order valence-electron chi connectivity index (χ0n) is 16.0. The summed E-state index contributed by atoms with van der Waals surface area (Å²) in [5.74, 6) is -0.850. The molecule has 1 amide bonds. The number of carbonyl (C=O) groups excluding carboxylic acids is 1. The fourth-order valence-electron chi connectivity index (χ4n) is 3.09. The molecule has 29 heavy (non-hydrogen) atoms. The monoisotopic (exact) mass is 420 g/mol. The van der Waals surface area contributed by atoms with Crippen molar-refractivity contribution in [2.24, 2.45) is 0 Å². The third-order valence-electron chi connectivity index (χ3n) is 4.66. The number of carbonyl (C=O) groups is 1. The number of H-pyrrole nitrogens is 1. The molecule has 1 saturated heterocycles. The number of oxazole rings is 1. The van der Waals surface area contributed by atoms with Crippen LogP contribution in [-0.2, 0) is 4.79 Å². The van der Waals surface area contributed by atoms with Crippen LogP contribution in [0.1, 0.15) is 11.5 Å². The maximum Gasteiger partial charge on any atom is 0.417 e. The molecular formula is C20H22ClFN4O3. The number of amides is 1. The second-order valence-electron chi connectivity index (χ2n) is 6.72. The molecule has 1 aliphatic heterocycles. The molecule has 0 radical (unpaired) electrons. The van der Waals surface area contributed by atoms with E-state index in [9.17, 15) is 14.0 Å². The van der Waals surface area contributed by atoms with Crippen LogP contribution in [0.5, 0.6) is 0 Å². The predicted octanol–water partition coefficient (Wildman–Crippen LogP) is 2.53. The zero-order valence-corrected chi connectivity index (χ0v) is 16.8. The molecule has 0 saturated carbocycles. The first-order chi connectivity index (χ1) is 13.9. The van der Waals surface area contributed by atoms with Crippen molar-refractivity contribution in [3.63, 3.8) is 0 Å². The summed E-state index contributed by atoms with van der Waals surface area (Å²) in [5.41, 5.74) is 1.78. The standard InChI is InChI=1S/C20H22ClFN4O3/c1-3-14(10-18-13(2)23-20(28)29-18)24-19(27)12-25-6-8-26(9-7-25)15-4-5-16(21)17(22)11-15/h3-5,10-11H,1,6-9,12H2,2H3,(H,23,28)(H,24,27)/b14-10+. The van der Waals surface area contributed by atoms with Gasteiger partial charge in [-0.1, -0.05) is 18.2 Å². The fourth-order valence-corrected chi connectivity index (χ4v) is 3.21. The van der Waals surface area contributed by atoms with E-state index in [0.29, 0.717) is 43.3 Å². The molecule has 7 nitrogen and oxygen atoms in total. The van der Waals surface area contributed by atoms with Gasteiger partial charge in [0.2, 0.25) is 5.91 Å². The number of rotatable bonds is 6. The molecule has 2 aromatic rings. The van der Waals surface area contributed by atoms with Crippen molar-refractivity contribution in [3.05, 3.63) is 69.4 Å². The van der Waals surface area contributed by atoms with Crippen molar-refractivity contribution < 1.29 is 13.6 Å². The molecule has 2 N–H and O–H groups in total. The summed E-state index contributed by atoms with van der Waals surface area (Å²) in [6.45, 7) is 8.26. The van der Waals surface area contributed by atoms with Gasteiger partial charge < -0.3 is 14.6 Å². The van der Waals surface area contributed by atoms with E-state index in [0.717, 1.165) is 5.69 Å². The Kier molecular flexibility index (Phi) is 6.56. The summed E-state index contributed by atoms with van der Waals surface area (Å²) >= 11 is 5.73. The normalized spacial score (nSPS) is 15.4. The number of benzene rings is 1. The van der Waals surface area contributed by atoms with Crippen LogP contribution in [0.2, 0.25) is 5.02 Å². The van der Waals surface area contributed by atoms with E-state index in [4.69, 9.17) is 16.0 Å². The van der Waals surface area contributed by atoms with Gasteiger partial charge in [0.25, 0.3) is 0 Å². The van der Waals surface area contributed by atoms with Crippen LogP contribution in [-0.4, -0.2) is 48.5 Å². The highest BCUT2D eigenvalue weighted by Gasteiger charge is 2.20. The molecule has 3 rings (SSSR count). The number of allylic oxidation sites excluding steroid dienone is 1. The van der Waals surface area contributed by atoms with Crippen LogP contribution >= 0.6 is 11.6 Å². The molecule has 0 atom stereocenters. The minimum absolute atomic E-state index is 0.101. The predicted molar refractivity (Wildman–Crippen MR) is 110 cm³/mol. The van der Waals surface area contributed by atoms with E-state index in [-0.39, 0.29) is 17.5 Å². The molecule has 1 aromatic heterocycles. The first-order valence-corrected chi connectivity index (χ1v) is 9.49. The summed E-state index contributed by atoms with van der Waals surface area (Å²) in [5, 5.41) is 2.87. The van der Waals surface area contributed by atoms with Gasteiger partial charge in [0.1, 0.15) is 5.82 Å². The van der Waals surface area contributed by atoms with Crippen LogP contribution in [0.4, 0.5) is 10.1 Å². The summed E-state index contributed by atoms with van der Waals surface area (Å²) in [6, 6.07) is 4.76. The molecule has 1 aliphatic rings. The van der Waals surface area contributed by atoms with Crippen molar-refractivity contribution in [2.45, 2.75) is 6.92 Å². The van der Waals surface area contributed by atoms with Gasteiger partial charge in [0.05, 0.1) is 17.3 Å². The van der Waals surface area contributed by atoms with Crippen LogP contribution in [0, 0.1) is 12.7 Å². The average Bonchev–Trinajstić information content (AvgIpc) is 3.01.